The SMILES string of the molecule is COc1cc2c(c(OC)c1OCCCC(=O)O)C1=C(CCC1)C(=NNC(=N)N)CC2. The number of guanidine groups is 1. The molecule has 3 rings (SSSR count). The Kier molecular flexibility index (Phi) is 6.81. The van der Waals surface area contributed by atoms with Crippen LogP contribution in [0.4, 0.5) is 0 Å². The Bertz CT molecular complexity index is 907. The van der Waals surface area contributed by atoms with Crippen LogP contribution in [-0.4, -0.2) is 43.6 Å². The van der Waals surface area contributed by atoms with Gasteiger partial charge in [0.05, 0.1) is 26.5 Å². The number of hydrogen-bond acceptors (Lipinski definition) is 6. The molecule has 9 heteroatoms. The fraction of sp³-hybridized carbons (Fsp3) is 0.476. The highest BCUT2D eigenvalue weighted by atomic mass is 16.5. The molecule has 5 N–H and O–H groups in total. The van der Waals surface area contributed by atoms with E-state index < -0.39 is 5.97 Å². The summed E-state index contributed by atoms with van der Waals surface area (Å²) < 4.78 is 17.3. The van der Waals surface area contributed by atoms with Crippen LogP contribution in [0.15, 0.2) is 16.7 Å². The van der Waals surface area contributed by atoms with Gasteiger partial charge in [-0.15, -0.1) is 0 Å². The van der Waals surface area contributed by atoms with Crippen LogP contribution in [0.25, 0.3) is 5.57 Å². The van der Waals surface area contributed by atoms with Gasteiger partial charge in [0.25, 0.3) is 0 Å². The van der Waals surface area contributed by atoms with Gasteiger partial charge in [-0.3, -0.25) is 10.2 Å². The number of aryl methyl sites for hydroxylation is 1. The third-order valence-electron chi connectivity index (χ3n) is 5.30. The van der Waals surface area contributed by atoms with Crippen molar-refractivity contribution in [3.63, 3.8) is 0 Å². The van der Waals surface area contributed by atoms with Crippen molar-refractivity contribution in [2.45, 2.75) is 44.9 Å². The van der Waals surface area contributed by atoms with Crippen LogP contribution in [0.5, 0.6) is 17.2 Å². The molecule has 0 saturated carbocycles. The Balaban J connectivity index is 2.05. The number of benzene rings is 1. The molecule has 0 radical (unpaired) electrons. The summed E-state index contributed by atoms with van der Waals surface area (Å²) in [6.45, 7) is 0.249. The zero-order valence-electron chi connectivity index (χ0n) is 17.3. The molecule has 0 atom stereocenters. The van der Waals surface area contributed by atoms with Crippen LogP contribution in [0.1, 0.15) is 49.7 Å². The van der Waals surface area contributed by atoms with Crippen LogP contribution in [0.2, 0.25) is 0 Å². The Morgan fingerprint density at radius 1 is 1.20 bits per heavy atom. The number of carbonyl (C=O) groups is 1. The lowest BCUT2D eigenvalue weighted by Gasteiger charge is -2.21. The van der Waals surface area contributed by atoms with Crippen molar-refractivity contribution in [3.05, 3.63) is 22.8 Å². The summed E-state index contributed by atoms with van der Waals surface area (Å²) in [5.41, 5.74) is 13.3. The minimum absolute atomic E-state index is 0.0356. The van der Waals surface area contributed by atoms with Crippen molar-refractivity contribution in [2.24, 2.45) is 10.8 Å². The summed E-state index contributed by atoms with van der Waals surface area (Å²) in [5.74, 6) is 0.607. The van der Waals surface area contributed by atoms with Crippen molar-refractivity contribution in [2.75, 3.05) is 20.8 Å². The van der Waals surface area contributed by atoms with Gasteiger partial charge in [-0.25, -0.2) is 5.43 Å². The van der Waals surface area contributed by atoms with Crippen LogP contribution < -0.4 is 25.4 Å². The fourth-order valence-electron chi connectivity index (χ4n) is 4.07. The zero-order valence-corrected chi connectivity index (χ0v) is 17.3. The first-order chi connectivity index (χ1) is 14.5. The molecular weight excluding hydrogens is 388 g/mol. The van der Waals surface area contributed by atoms with Crippen LogP contribution >= 0.6 is 0 Å². The maximum atomic E-state index is 10.8. The number of nitrogens with zero attached hydrogens (tertiary/aromatic N) is 1. The van der Waals surface area contributed by atoms with Crippen molar-refractivity contribution < 1.29 is 24.1 Å². The quantitative estimate of drug-likeness (QED) is 0.221. The number of nitrogens with two attached hydrogens (primary N) is 1. The maximum Gasteiger partial charge on any atom is 0.303 e. The highest BCUT2D eigenvalue weighted by Crippen LogP contribution is 2.50. The summed E-state index contributed by atoms with van der Waals surface area (Å²) in [5, 5.41) is 20.6. The van der Waals surface area contributed by atoms with E-state index in [2.05, 4.69) is 10.5 Å². The molecule has 2 aliphatic rings. The van der Waals surface area contributed by atoms with Gasteiger partial charge in [-0.2, -0.15) is 5.10 Å². The van der Waals surface area contributed by atoms with E-state index in [4.69, 9.17) is 30.5 Å². The van der Waals surface area contributed by atoms with E-state index in [1.807, 2.05) is 6.07 Å². The van der Waals surface area contributed by atoms with E-state index in [1.165, 1.54) is 5.57 Å². The maximum absolute atomic E-state index is 10.8. The van der Waals surface area contributed by atoms with Crippen molar-refractivity contribution in [3.8, 4) is 17.2 Å². The number of rotatable bonds is 8. The molecule has 0 spiro atoms. The topological polar surface area (TPSA) is 139 Å². The molecule has 30 heavy (non-hydrogen) atoms. The van der Waals surface area contributed by atoms with Crippen LogP contribution in [-0.2, 0) is 11.2 Å². The molecule has 162 valence electrons. The summed E-state index contributed by atoms with van der Waals surface area (Å²) >= 11 is 0. The van der Waals surface area contributed by atoms with Crippen molar-refractivity contribution >= 4 is 23.2 Å². The minimum Gasteiger partial charge on any atom is -0.493 e. The molecule has 9 nitrogen and oxygen atoms in total. The van der Waals surface area contributed by atoms with Crippen molar-refractivity contribution in [1.29, 1.82) is 5.41 Å². The number of carboxylic acid groups (broad SMARTS) is 1. The van der Waals surface area contributed by atoms with E-state index in [-0.39, 0.29) is 19.0 Å². The second kappa shape index (κ2) is 9.51. The number of hydrogen-bond donors (Lipinski definition) is 4. The fourth-order valence-corrected chi connectivity index (χ4v) is 4.07. The van der Waals surface area contributed by atoms with E-state index in [9.17, 15) is 4.79 Å². The lowest BCUT2D eigenvalue weighted by Crippen LogP contribution is -2.27. The number of hydrazone groups is 1. The van der Waals surface area contributed by atoms with E-state index in [0.29, 0.717) is 30.1 Å². The van der Waals surface area contributed by atoms with Crippen LogP contribution in [0.3, 0.4) is 0 Å². The second-order valence-electron chi connectivity index (χ2n) is 7.22. The largest absolute Gasteiger partial charge is 0.493 e. The first-order valence-electron chi connectivity index (χ1n) is 9.98. The summed E-state index contributed by atoms with van der Waals surface area (Å²) in [6.07, 6.45) is 4.66. The Labute approximate surface area is 175 Å². The Hall–Kier alpha value is -3.23. The number of ether oxygens (including phenoxy) is 3. The van der Waals surface area contributed by atoms with Gasteiger partial charge in [-0.05, 0) is 61.3 Å². The van der Waals surface area contributed by atoms with Gasteiger partial charge < -0.3 is 25.1 Å². The first-order valence-corrected chi connectivity index (χ1v) is 9.98. The molecule has 0 amide bonds. The molecular formula is C21H28N4O5. The number of fused-ring (bicyclic) bond motifs is 2. The molecule has 0 aromatic heterocycles. The monoisotopic (exact) mass is 416 g/mol. The molecule has 0 saturated heterocycles. The lowest BCUT2D eigenvalue weighted by atomic mass is 9.95. The van der Waals surface area contributed by atoms with Crippen molar-refractivity contribution in [1.82, 2.24) is 5.43 Å². The summed E-state index contributed by atoms with van der Waals surface area (Å²) in [4.78, 5) is 10.8. The molecule has 0 unspecified atom stereocenters. The van der Waals surface area contributed by atoms with Gasteiger partial charge in [0.1, 0.15) is 0 Å². The molecule has 2 aliphatic carbocycles. The molecule has 0 fully saturated rings. The zero-order chi connectivity index (χ0) is 21.7. The van der Waals surface area contributed by atoms with Gasteiger partial charge >= 0.3 is 5.97 Å². The van der Waals surface area contributed by atoms with E-state index >= 15 is 0 Å². The van der Waals surface area contributed by atoms with Crippen LogP contribution in [0, 0.1) is 5.41 Å². The Morgan fingerprint density at radius 2 is 1.97 bits per heavy atom. The first kappa shape index (κ1) is 21.5. The molecule has 0 aliphatic heterocycles. The predicted molar refractivity (Wildman–Crippen MR) is 113 cm³/mol. The molecule has 0 heterocycles. The normalized spacial score (nSPS) is 16.5. The minimum atomic E-state index is -0.855. The predicted octanol–water partition coefficient (Wildman–Crippen LogP) is 2.67. The average Bonchev–Trinajstić information content (AvgIpc) is 3.14. The summed E-state index contributed by atoms with van der Waals surface area (Å²) in [7, 11) is 3.18. The van der Waals surface area contributed by atoms with E-state index in [1.54, 1.807) is 14.2 Å². The highest BCUT2D eigenvalue weighted by molar-refractivity contribution is 6.09. The number of methoxy groups -OCH3 is 2. The average molecular weight is 416 g/mol. The number of aliphatic carboxylic acids is 1. The molecule has 1 aromatic rings. The lowest BCUT2D eigenvalue weighted by molar-refractivity contribution is -0.137. The van der Waals surface area contributed by atoms with Gasteiger partial charge in [0.2, 0.25) is 11.7 Å². The van der Waals surface area contributed by atoms with E-state index in [0.717, 1.165) is 48.1 Å². The standard InChI is InChI=1S/C21H28N4O5/c1-28-16-11-12-8-9-15(24-25-21(22)23)13-5-3-6-14(13)18(12)20(29-2)19(16)30-10-4-7-17(26)27/h11H,3-10H2,1-2H3,(H,26,27)(H4,22,23,25). The molecule has 1 aromatic carbocycles. The van der Waals surface area contributed by atoms with Gasteiger partial charge in [-0.1, -0.05) is 0 Å². The second-order valence-corrected chi connectivity index (χ2v) is 7.22. The summed E-state index contributed by atoms with van der Waals surface area (Å²) in [6, 6.07) is 1.97. The number of nitrogens with one attached hydrogen (secondary N) is 2. The molecule has 0 bridgehead atoms. The highest BCUT2D eigenvalue weighted by Gasteiger charge is 2.31. The third kappa shape index (κ3) is 4.50. The third-order valence-corrected chi connectivity index (χ3v) is 5.30. The van der Waals surface area contributed by atoms with Gasteiger partial charge in [0.15, 0.2) is 11.5 Å². The Morgan fingerprint density at radius 3 is 2.63 bits per heavy atom. The van der Waals surface area contributed by atoms with Gasteiger partial charge in [0, 0.05) is 12.0 Å². The number of carboxylic acids is 1. The smallest absolute Gasteiger partial charge is 0.303 e. The number of allylic oxidation sites excluding steroid dienone is 2.